The Labute approximate surface area is 154 Å². The quantitative estimate of drug-likeness (QED) is 0.542. The van der Waals surface area contributed by atoms with Crippen molar-refractivity contribution in [1.29, 1.82) is 0 Å². The van der Waals surface area contributed by atoms with Crippen LogP contribution in [0.2, 0.25) is 0 Å². The van der Waals surface area contributed by atoms with Crippen LogP contribution in [0.3, 0.4) is 0 Å². The van der Waals surface area contributed by atoms with Gasteiger partial charge in [-0.3, -0.25) is 0 Å². The number of pyridine rings is 1. The summed E-state index contributed by atoms with van der Waals surface area (Å²) in [6.07, 6.45) is 5.44. The Morgan fingerprint density at radius 3 is 2.26 bits per heavy atom. The highest BCUT2D eigenvalue weighted by atomic mass is 19.1. The summed E-state index contributed by atoms with van der Waals surface area (Å²) in [7, 11) is 0. The zero-order valence-electron chi connectivity index (χ0n) is 14.1. The molecule has 27 heavy (non-hydrogen) atoms. The van der Waals surface area contributed by atoms with Crippen molar-refractivity contribution in [3.05, 3.63) is 85.1 Å². The second-order valence-electron chi connectivity index (χ2n) is 5.77. The van der Waals surface area contributed by atoms with Crippen molar-refractivity contribution in [2.45, 2.75) is 0 Å². The molecule has 0 aliphatic carbocycles. The summed E-state index contributed by atoms with van der Waals surface area (Å²) in [6, 6.07) is 15.8. The zero-order chi connectivity index (χ0) is 18.6. The van der Waals surface area contributed by atoms with E-state index in [-0.39, 0.29) is 5.82 Å². The number of hydrogen-bond donors (Lipinski definition) is 2. The lowest BCUT2D eigenvalue weighted by atomic mass is 10.3. The predicted octanol–water partition coefficient (Wildman–Crippen LogP) is 4.91. The summed E-state index contributed by atoms with van der Waals surface area (Å²) in [5.74, 6) is 0.947. The Bertz CT molecular complexity index is 1080. The molecule has 0 spiro atoms. The first-order valence-corrected chi connectivity index (χ1v) is 8.20. The van der Waals surface area contributed by atoms with Crippen LogP contribution in [0, 0.1) is 5.82 Å². The molecule has 7 heteroatoms. The third kappa shape index (κ3) is 4.04. The fourth-order valence-corrected chi connectivity index (χ4v) is 2.52. The maximum Gasteiger partial charge on any atom is 0.323 e. The van der Waals surface area contributed by atoms with Crippen molar-refractivity contribution >= 4 is 23.1 Å². The van der Waals surface area contributed by atoms with E-state index >= 15 is 0 Å². The van der Waals surface area contributed by atoms with E-state index in [1.807, 2.05) is 28.9 Å². The predicted molar refractivity (Wildman–Crippen MR) is 101 cm³/mol. The van der Waals surface area contributed by atoms with Crippen LogP contribution < -0.4 is 15.4 Å². The first kappa shape index (κ1) is 16.6. The first-order valence-electron chi connectivity index (χ1n) is 8.20. The molecule has 0 unspecified atom stereocenters. The van der Waals surface area contributed by atoms with Crippen molar-refractivity contribution < 1.29 is 13.9 Å². The average molecular weight is 362 g/mol. The number of nitrogens with one attached hydrogen (secondary N) is 2. The number of amides is 2. The summed E-state index contributed by atoms with van der Waals surface area (Å²) < 4.78 is 20.6. The van der Waals surface area contributed by atoms with Crippen molar-refractivity contribution in [2.24, 2.45) is 0 Å². The van der Waals surface area contributed by atoms with Gasteiger partial charge in [0.05, 0.1) is 0 Å². The Hall–Kier alpha value is -3.87. The number of urea groups is 1. The van der Waals surface area contributed by atoms with E-state index in [1.54, 1.807) is 30.5 Å². The number of halogens is 1. The van der Waals surface area contributed by atoms with Crippen LogP contribution in [-0.2, 0) is 0 Å². The molecule has 0 aliphatic rings. The molecule has 0 radical (unpaired) electrons. The monoisotopic (exact) mass is 362 g/mol. The Balaban J connectivity index is 1.37. The largest absolute Gasteiger partial charge is 0.457 e. The highest BCUT2D eigenvalue weighted by Crippen LogP contribution is 2.24. The van der Waals surface area contributed by atoms with E-state index in [1.165, 1.54) is 24.3 Å². The maximum atomic E-state index is 12.9. The number of imidazole rings is 1. The second kappa shape index (κ2) is 7.17. The summed E-state index contributed by atoms with van der Waals surface area (Å²) in [5, 5.41) is 5.33. The van der Waals surface area contributed by atoms with Crippen LogP contribution in [0.4, 0.5) is 20.6 Å². The number of ether oxygens (including phenoxy) is 1. The standard InChI is InChI=1S/C20H15FN4O2/c21-14-1-3-15(4-2-14)23-20(26)24-16-5-7-17(8-6-16)27-18-9-11-25-12-10-22-19(25)13-18/h1-13H,(H2,23,24,26). The van der Waals surface area contributed by atoms with Gasteiger partial charge in [-0.05, 0) is 54.6 Å². The molecule has 0 saturated heterocycles. The third-order valence-corrected chi connectivity index (χ3v) is 3.82. The zero-order valence-corrected chi connectivity index (χ0v) is 14.1. The number of carbonyl (C=O) groups excluding carboxylic acids is 1. The summed E-state index contributed by atoms with van der Waals surface area (Å²) in [4.78, 5) is 16.2. The number of nitrogens with zero attached hydrogens (tertiary/aromatic N) is 2. The molecule has 0 saturated carbocycles. The van der Waals surface area contributed by atoms with Crippen molar-refractivity contribution in [3.63, 3.8) is 0 Å². The number of fused-ring (bicyclic) bond motifs is 1. The van der Waals surface area contributed by atoms with E-state index in [0.29, 0.717) is 22.9 Å². The van der Waals surface area contributed by atoms with Gasteiger partial charge in [-0.15, -0.1) is 0 Å². The molecule has 0 aliphatic heterocycles. The fraction of sp³-hybridized carbons (Fsp3) is 0. The van der Waals surface area contributed by atoms with Crippen LogP contribution in [-0.4, -0.2) is 15.4 Å². The van der Waals surface area contributed by atoms with E-state index in [9.17, 15) is 9.18 Å². The highest BCUT2D eigenvalue weighted by molar-refractivity contribution is 5.99. The van der Waals surface area contributed by atoms with E-state index in [4.69, 9.17) is 4.74 Å². The molecule has 4 aromatic rings. The molecule has 0 atom stereocenters. The number of rotatable bonds is 4. The minimum Gasteiger partial charge on any atom is -0.457 e. The summed E-state index contributed by atoms with van der Waals surface area (Å²) in [5.41, 5.74) is 1.90. The Morgan fingerprint density at radius 1 is 0.889 bits per heavy atom. The number of benzene rings is 2. The number of hydrogen-bond acceptors (Lipinski definition) is 3. The van der Waals surface area contributed by atoms with Crippen molar-refractivity contribution in [1.82, 2.24) is 9.38 Å². The van der Waals surface area contributed by atoms with Crippen LogP contribution in [0.1, 0.15) is 0 Å². The molecule has 2 N–H and O–H groups in total. The van der Waals surface area contributed by atoms with Gasteiger partial charge >= 0.3 is 6.03 Å². The molecule has 2 heterocycles. The fourth-order valence-electron chi connectivity index (χ4n) is 2.52. The first-order chi connectivity index (χ1) is 13.2. The van der Waals surface area contributed by atoms with Crippen LogP contribution in [0.25, 0.3) is 5.65 Å². The normalized spacial score (nSPS) is 10.6. The lowest BCUT2D eigenvalue weighted by Crippen LogP contribution is -2.19. The minimum absolute atomic E-state index is 0.358. The number of carbonyl (C=O) groups is 1. The van der Waals surface area contributed by atoms with Gasteiger partial charge in [0.25, 0.3) is 0 Å². The van der Waals surface area contributed by atoms with Gasteiger partial charge in [0.2, 0.25) is 0 Å². The molecule has 134 valence electrons. The van der Waals surface area contributed by atoms with Gasteiger partial charge in [-0.1, -0.05) is 0 Å². The average Bonchev–Trinajstić information content (AvgIpc) is 3.13. The van der Waals surface area contributed by atoms with E-state index in [0.717, 1.165) is 5.65 Å². The molecular formula is C20H15FN4O2. The summed E-state index contributed by atoms with van der Waals surface area (Å²) >= 11 is 0. The molecule has 0 fully saturated rings. The summed E-state index contributed by atoms with van der Waals surface area (Å²) in [6.45, 7) is 0. The van der Waals surface area contributed by atoms with Gasteiger partial charge in [0, 0.05) is 36.0 Å². The van der Waals surface area contributed by atoms with Gasteiger partial charge in [-0.25, -0.2) is 14.2 Å². The Morgan fingerprint density at radius 2 is 1.56 bits per heavy atom. The molecule has 0 bridgehead atoms. The SMILES string of the molecule is O=C(Nc1ccc(F)cc1)Nc1ccc(Oc2ccn3ccnc3c2)cc1. The molecule has 6 nitrogen and oxygen atoms in total. The molecule has 4 rings (SSSR count). The Kier molecular flexibility index (Phi) is 4.40. The van der Waals surface area contributed by atoms with Gasteiger partial charge in [0.1, 0.15) is 23.0 Å². The van der Waals surface area contributed by atoms with Crippen molar-refractivity contribution in [2.75, 3.05) is 10.6 Å². The van der Waals surface area contributed by atoms with Gasteiger partial charge < -0.3 is 19.8 Å². The maximum absolute atomic E-state index is 12.9. The topological polar surface area (TPSA) is 67.7 Å². The smallest absolute Gasteiger partial charge is 0.323 e. The van der Waals surface area contributed by atoms with Gasteiger partial charge in [-0.2, -0.15) is 0 Å². The van der Waals surface area contributed by atoms with E-state index < -0.39 is 6.03 Å². The number of anilines is 2. The molecule has 2 aromatic heterocycles. The highest BCUT2D eigenvalue weighted by Gasteiger charge is 2.04. The van der Waals surface area contributed by atoms with Crippen LogP contribution in [0.5, 0.6) is 11.5 Å². The third-order valence-electron chi connectivity index (χ3n) is 3.82. The number of aromatic nitrogens is 2. The van der Waals surface area contributed by atoms with Gasteiger partial charge in [0.15, 0.2) is 0 Å². The second-order valence-corrected chi connectivity index (χ2v) is 5.77. The molecule has 2 aromatic carbocycles. The van der Waals surface area contributed by atoms with E-state index in [2.05, 4.69) is 15.6 Å². The lowest BCUT2D eigenvalue weighted by molar-refractivity contribution is 0.262. The lowest BCUT2D eigenvalue weighted by Gasteiger charge is -2.09. The molecule has 2 amide bonds. The van der Waals surface area contributed by atoms with Crippen LogP contribution in [0.15, 0.2) is 79.3 Å². The van der Waals surface area contributed by atoms with Crippen LogP contribution >= 0.6 is 0 Å². The van der Waals surface area contributed by atoms with Crippen molar-refractivity contribution in [3.8, 4) is 11.5 Å². The molecular weight excluding hydrogens is 347 g/mol. The minimum atomic E-state index is -0.417.